The molecule has 0 aliphatic heterocycles. The maximum Gasteiger partial charge on any atom is 0.293 e. The first kappa shape index (κ1) is 13.7. The van der Waals surface area contributed by atoms with Crippen LogP contribution in [0.3, 0.4) is 0 Å². The van der Waals surface area contributed by atoms with Crippen molar-refractivity contribution in [3.05, 3.63) is 45.7 Å². The number of rotatable bonds is 3. The van der Waals surface area contributed by atoms with E-state index >= 15 is 0 Å². The predicted octanol–water partition coefficient (Wildman–Crippen LogP) is 2.07. The molecule has 3 aromatic heterocycles. The molecule has 21 heavy (non-hydrogen) atoms. The van der Waals surface area contributed by atoms with Gasteiger partial charge >= 0.3 is 0 Å². The smallest absolute Gasteiger partial charge is 0.293 e. The summed E-state index contributed by atoms with van der Waals surface area (Å²) in [7, 11) is 1.76. The SMILES string of the molecule is Cc1ccsc1CN(C)C(=O)c1nc2nccc(C)n2n1. The van der Waals surface area contributed by atoms with E-state index in [0.717, 1.165) is 5.69 Å². The number of nitrogens with zero attached hydrogens (tertiary/aromatic N) is 5. The quantitative estimate of drug-likeness (QED) is 0.743. The standard InChI is InChI=1S/C14H15N5OS/c1-9-5-7-21-11(9)8-18(3)13(20)12-16-14-15-6-4-10(2)19(14)17-12/h4-7H,8H2,1-3H3. The highest BCUT2D eigenvalue weighted by molar-refractivity contribution is 7.10. The number of thiophene rings is 1. The highest BCUT2D eigenvalue weighted by Gasteiger charge is 2.19. The number of carbonyl (C=O) groups excluding carboxylic acids is 1. The molecule has 108 valence electrons. The van der Waals surface area contributed by atoms with Crippen molar-refractivity contribution in [3.63, 3.8) is 0 Å². The summed E-state index contributed by atoms with van der Waals surface area (Å²) in [6, 6.07) is 3.88. The van der Waals surface area contributed by atoms with Gasteiger partial charge < -0.3 is 4.90 Å². The van der Waals surface area contributed by atoms with E-state index in [1.807, 2.05) is 25.3 Å². The lowest BCUT2D eigenvalue weighted by atomic mass is 10.3. The Kier molecular flexibility index (Phi) is 3.42. The van der Waals surface area contributed by atoms with Crippen molar-refractivity contribution in [2.75, 3.05) is 7.05 Å². The highest BCUT2D eigenvalue weighted by Crippen LogP contribution is 2.18. The Morgan fingerprint density at radius 1 is 1.38 bits per heavy atom. The average molecular weight is 301 g/mol. The van der Waals surface area contributed by atoms with Crippen molar-refractivity contribution < 1.29 is 4.79 Å². The zero-order chi connectivity index (χ0) is 15.0. The van der Waals surface area contributed by atoms with Crippen LogP contribution in [0.4, 0.5) is 0 Å². The fraction of sp³-hybridized carbons (Fsp3) is 0.286. The van der Waals surface area contributed by atoms with E-state index in [2.05, 4.69) is 21.1 Å². The first-order chi connectivity index (χ1) is 10.1. The number of aryl methyl sites for hydroxylation is 2. The highest BCUT2D eigenvalue weighted by atomic mass is 32.1. The van der Waals surface area contributed by atoms with Gasteiger partial charge in [-0.1, -0.05) is 0 Å². The largest absolute Gasteiger partial charge is 0.334 e. The maximum absolute atomic E-state index is 12.4. The van der Waals surface area contributed by atoms with Gasteiger partial charge in [0.25, 0.3) is 11.7 Å². The third-order valence-electron chi connectivity index (χ3n) is 3.32. The molecule has 3 heterocycles. The van der Waals surface area contributed by atoms with Gasteiger partial charge in [0.1, 0.15) is 0 Å². The molecule has 0 aliphatic carbocycles. The Morgan fingerprint density at radius 2 is 2.19 bits per heavy atom. The maximum atomic E-state index is 12.4. The van der Waals surface area contributed by atoms with Gasteiger partial charge in [-0.25, -0.2) is 9.50 Å². The van der Waals surface area contributed by atoms with Gasteiger partial charge in [-0.05, 0) is 36.9 Å². The number of hydrogen-bond acceptors (Lipinski definition) is 5. The second kappa shape index (κ2) is 5.25. The molecular weight excluding hydrogens is 286 g/mol. The van der Waals surface area contributed by atoms with Gasteiger partial charge in [-0.2, -0.15) is 4.98 Å². The fourth-order valence-electron chi connectivity index (χ4n) is 2.02. The summed E-state index contributed by atoms with van der Waals surface area (Å²) in [5.74, 6) is 0.417. The molecule has 1 amide bonds. The number of amides is 1. The number of carbonyl (C=O) groups is 1. The topological polar surface area (TPSA) is 63.4 Å². The number of fused-ring (bicyclic) bond motifs is 1. The van der Waals surface area contributed by atoms with Gasteiger partial charge in [-0.3, -0.25) is 4.79 Å². The second-order valence-corrected chi connectivity index (χ2v) is 5.92. The minimum Gasteiger partial charge on any atom is -0.334 e. The molecule has 3 rings (SSSR count). The Labute approximate surface area is 126 Å². The van der Waals surface area contributed by atoms with Crippen LogP contribution in [0, 0.1) is 13.8 Å². The molecule has 0 aromatic carbocycles. The Morgan fingerprint density at radius 3 is 2.86 bits per heavy atom. The molecular formula is C14H15N5OS. The monoisotopic (exact) mass is 301 g/mol. The number of hydrogen-bond donors (Lipinski definition) is 0. The van der Waals surface area contributed by atoms with Gasteiger partial charge in [0.05, 0.1) is 6.54 Å². The zero-order valence-electron chi connectivity index (χ0n) is 12.1. The molecule has 0 fully saturated rings. The van der Waals surface area contributed by atoms with Crippen molar-refractivity contribution >= 4 is 23.0 Å². The van der Waals surface area contributed by atoms with Crippen LogP contribution in [-0.2, 0) is 6.54 Å². The van der Waals surface area contributed by atoms with Crippen LogP contribution in [0.25, 0.3) is 5.78 Å². The van der Waals surface area contributed by atoms with Gasteiger partial charge in [-0.15, -0.1) is 16.4 Å². The summed E-state index contributed by atoms with van der Waals surface area (Å²) in [6.07, 6.45) is 1.66. The van der Waals surface area contributed by atoms with E-state index in [9.17, 15) is 4.79 Å². The van der Waals surface area contributed by atoms with Crippen LogP contribution in [0.5, 0.6) is 0 Å². The third-order valence-corrected chi connectivity index (χ3v) is 4.32. The molecule has 3 aromatic rings. The van der Waals surface area contributed by atoms with E-state index < -0.39 is 0 Å². The summed E-state index contributed by atoms with van der Waals surface area (Å²) in [5.41, 5.74) is 2.09. The zero-order valence-corrected chi connectivity index (χ0v) is 12.9. The minimum absolute atomic E-state index is 0.175. The van der Waals surface area contributed by atoms with Crippen LogP contribution in [0.1, 0.15) is 26.8 Å². The molecule has 7 heteroatoms. The lowest BCUT2D eigenvalue weighted by molar-refractivity contribution is 0.0774. The van der Waals surface area contributed by atoms with Crippen molar-refractivity contribution in [1.29, 1.82) is 0 Å². The van der Waals surface area contributed by atoms with Crippen LogP contribution in [0.2, 0.25) is 0 Å². The summed E-state index contributed by atoms with van der Waals surface area (Å²) < 4.78 is 1.58. The van der Waals surface area contributed by atoms with E-state index in [1.54, 1.807) is 34.0 Å². The first-order valence-corrected chi connectivity index (χ1v) is 7.41. The summed E-state index contributed by atoms with van der Waals surface area (Å²) >= 11 is 1.65. The third kappa shape index (κ3) is 2.52. The summed E-state index contributed by atoms with van der Waals surface area (Å²) in [4.78, 5) is 23.5. The minimum atomic E-state index is -0.201. The van der Waals surface area contributed by atoms with Crippen LogP contribution in [0.15, 0.2) is 23.7 Å². The average Bonchev–Trinajstić information content (AvgIpc) is 3.06. The van der Waals surface area contributed by atoms with Crippen molar-refractivity contribution in [2.45, 2.75) is 20.4 Å². The van der Waals surface area contributed by atoms with Gasteiger partial charge in [0, 0.05) is 23.8 Å². The Hall–Kier alpha value is -2.28. The van der Waals surface area contributed by atoms with Crippen molar-refractivity contribution in [1.82, 2.24) is 24.5 Å². The molecule has 0 saturated carbocycles. The van der Waals surface area contributed by atoms with E-state index in [-0.39, 0.29) is 11.7 Å². The van der Waals surface area contributed by atoms with Gasteiger partial charge in [0.2, 0.25) is 5.82 Å². The molecule has 0 aliphatic rings. The summed E-state index contributed by atoms with van der Waals surface area (Å²) in [6.45, 7) is 4.50. The Bertz CT molecular complexity index is 807. The van der Waals surface area contributed by atoms with E-state index in [0.29, 0.717) is 12.3 Å². The Balaban J connectivity index is 1.86. The normalized spacial score (nSPS) is 11.0. The lowest BCUT2D eigenvalue weighted by Gasteiger charge is -2.14. The van der Waals surface area contributed by atoms with Crippen LogP contribution in [-0.4, -0.2) is 37.4 Å². The van der Waals surface area contributed by atoms with Gasteiger partial charge in [0.15, 0.2) is 0 Å². The molecule has 0 bridgehead atoms. The first-order valence-electron chi connectivity index (χ1n) is 6.53. The molecule has 0 spiro atoms. The summed E-state index contributed by atoms with van der Waals surface area (Å²) in [5, 5.41) is 6.27. The van der Waals surface area contributed by atoms with E-state index in [4.69, 9.17) is 0 Å². The molecule has 0 radical (unpaired) electrons. The molecule has 0 unspecified atom stereocenters. The van der Waals surface area contributed by atoms with Crippen LogP contribution < -0.4 is 0 Å². The molecule has 0 atom stereocenters. The molecule has 0 saturated heterocycles. The van der Waals surface area contributed by atoms with E-state index in [1.165, 1.54) is 10.4 Å². The number of aromatic nitrogens is 4. The van der Waals surface area contributed by atoms with Crippen molar-refractivity contribution in [3.8, 4) is 0 Å². The molecule has 0 N–H and O–H groups in total. The molecule has 6 nitrogen and oxygen atoms in total. The lowest BCUT2D eigenvalue weighted by Crippen LogP contribution is -2.27. The fourth-order valence-corrected chi connectivity index (χ4v) is 2.98. The second-order valence-electron chi connectivity index (χ2n) is 4.92. The van der Waals surface area contributed by atoms with Crippen LogP contribution >= 0.6 is 11.3 Å². The predicted molar refractivity (Wildman–Crippen MR) is 80.4 cm³/mol. The van der Waals surface area contributed by atoms with Crippen molar-refractivity contribution in [2.24, 2.45) is 0 Å².